The van der Waals surface area contributed by atoms with Crippen LogP contribution in [0.5, 0.6) is 11.5 Å². The van der Waals surface area contributed by atoms with Gasteiger partial charge in [-0.05, 0) is 40.0 Å². The summed E-state index contributed by atoms with van der Waals surface area (Å²) in [5.41, 5.74) is 1.85. The van der Waals surface area contributed by atoms with Crippen LogP contribution >= 0.6 is 15.9 Å². The number of fused-ring (bicyclic) bond motifs is 1. The monoisotopic (exact) mass is 244 g/mol. The molecule has 70 valence electrons. The van der Waals surface area contributed by atoms with Crippen LogP contribution in [0.3, 0.4) is 0 Å². The average molecular weight is 245 g/mol. The Morgan fingerprint density at radius 2 is 2.31 bits per heavy atom. The molecule has 13 heavy (non-hydrogen) atoms. The minimum absolute atomic E-state index is 0.0150. The molecule has 0 unspecified atom stereocenters. The third-order valence-corrected chi connectivity index (χ3v) is 3.08. The fourth-order valence-electron chi connectivity index (χ4n) is 1.31. The van der Waals surface area contributed by atoms with Gasteiger partial charge in [-0.3, -0.25) is 0 Å². The van der Waals surface area contributed by atoms with Gasteiger partial charge in [0.05, 0.1) is 11.1 Å². The SMILES string of the molecule is Cc1c(CO)cc2c(c1Br)OCO2. The number of halogens is 1. The minimum atomic E-state index is 0.0150. The second kappa shape index (κ2) is 3.20. The smallest absolute Gasteiger partial charge is 0.231 e. The van der Waals surface area contributed by atoms with Crippen LogP contribution in [0.4, 0.5) is 0 Å². The van der Waals surface area contributed by atoms with Crippen LogP contribution in [-0.4, -0.2) is 11.9 Å². The lowest BCUT2D eigenvalue weighted by molar-refractivity contribution is 0.173. The fourth-order valence-corrected chi connectivity index (χ4v) is 1.87. The van der Waals surface area contributed by atoms with E-state index in [9.17, 15) is 0 Å². The van der Waals surface area contributed by atoms with Gasteiger partial charge in [0, 0.05) is 0 Å². The van der Waals surface area contributed by atoms with E-state index in [-0.39, 0.29) is 13.4 Å². The van der Waals surface area contributed by atoms with Gasteiger partial charge in [0.25, 0.3) is 0 Å². The van der Waals surface area contributed by atoms with Gasteiger partial charge in [-0.25, -0.2) is 0 Å². The number of hydrogen-bond donors (Lipinski definition) is 1. The highest BCUT2D eigenvalue weighted by Crippen LogP contribution is 2.42. The Bertz CT molecular complexity index is 348. The maximum Gasteiger partial charge on any atom is 0.231 e. The first-order valence-corrected chi connectivity index (χ1v) is 4.71. The molecule has 1 N–H and O–H groups in total. The molecule has 0 saturated heterocycles. The van der Waals surface area contributed by atoms with Crippen molar-refractivity contribution in [1.29, 1.82) is 0 Å². The van der Waals surface area contributed by atoms with Crippen molar-refractivity contribution >= 4 is 15.9 Å². The van der Waals surface area contributed by atoms with Crippen molar-refractivity contribution in [2.24, 2.45) is 0 Å². The predicted octanol–water partition coefficient (Wildman–Crippen LogP) is 1.98. The van der Waals surface area contributed by atoms with E-state index >= 15 is 0 Å². The normalized spacial score (nSPS) is 13.5. The predicted molar refractivity (Wildman–Crippen MR) is 50.9 cm³/mol. The van der Waals surface area contributed by atoms with Crippen LogP contribution in [-0.2, 0) is 6.61 Å². The molecule has 4 heteroatoms. The number of hydrogen-bond acceptors (Lipinski definition) is 3. The van der Waals surface area contributed by atoms with Gasteiger partial charge in [0.1, 0.15) is 0 Å². The largest absolute Gasteiger partial charge is 0.454 e. The summed E-state index contributed by atoms with van der Waals surface area (Å²) in [5, 5.41) is 9.06. The fraction of sp³-hybridized carbons (Fsp3) is 0.333. The maximum atomic E-state index is 9.06. The summed E-state index contributed by atoms with van der Waals surface area (Å²) in [4.78, 5) is 0. The zero-order valence-corrected chi connectivity index (χ0v) is 8.72. The number of aliphatic hydroxyl groups excluding tert-OH is 1. The van der Waals surface area contributed by atoms with Crippen LogP contribution < -0.4 is 9.47 Å². The quantitative estimate of drug-likeness (QED) is 0.822. The van der Waals surface area contributed by atoms with Crippen LogP contribution in [0, 0.1) is 6.92 Å². The molecule has 0 saturated carbocycles. The molecule has 0 radical (unpaired) electrons. The molecule has 0 amide bonds. The Labute approximate surface area is 84.4 Å². The highest BCUT2D eigenvalue weighted by atomic mass is 79.9. The van der Waals surface area contributed by atoms with E-state index in [0.717, 1.165) is 21.3 Å². The summed E-state index contributed by atoms with van der Waals surface area (Å²) in [6.07, 6.45) is 0. The van der Waals surface area contributed by atoms with E-state index in [4.69, 9.17) is 14.6 Å². The molecule has 0 aliphatic carbocycles. The molecule has 0 spiro atoms. The van der Waals surface area contributed by atoms with E-state index in [1.54, 1.807) is 0 Å². The van der Waals surface area contributed by atoms with Crippen molar-refractivity contribution in [3.05, 3.63) is 21.7 Å². The van der Waals surface area contributed by atoms with Gasteiger partial charge in [0.2, 0.25) is 6.79 Å². The van der Waals surface area contributed by atoms with Gasteiger partial charge in [-0.2, -0.15) is 0 Å². The molecule has 0 bridgehead atoms. The van der Waals surface area contributed by atoms with Crippen LogP contribution in [0.25, 0.3) is 0 Å². The van der Waals surface area contributed by atoms with Crippen molar-refractivity contribution in [2.45, 2.75) is 13.5 Å². The van der Waals surface area contributed by atoms with Gasteiger partial charge < -0.3 is 14.6 Å². The highest BCUT2D eigenvalue weighted by molar-refractivity contribution is 9.10. The van der Waals surface area contributed by atoms with Gasteiger partial charge in [-0.1, -0.05) is 0 Å². The Kier molecular flexibility index (Phi) is 2.17. The Hall–Kier alpha value is -0.740. The molecular formula is C9H9BrO3. The number of aliphatic hydroxyl groups is 1. The molecule has 0 atom stereocenters. The van der Waals surface area contributed by atoms with Crippen molar-refractivity contribution in [2.75, 3.05) is 6.79 Å². The molecule has 1 heterocycles. The van der Waals surface area contributed by atoms with E-state index < -0.39 is 0 Å². The van der Waals surface area contributed by atoms with Crippen LogP contribution in [0.2, 0.25) is 0 Å². The van der Waals surface area contributed by atoms with Crippen LogP contribution in [0.1, 0.15) is 11.1 Å². The van der Waals surface area contributed by atoms with E-state index in [2.05, 4.69) is 15.9 Å². The van der Waals surface area contributed by atoms with E-state index in [0.29, 0.717) is 5.75 Å². The highest BCUT2D eigenvalue weighted by Gasteiger charge is 2.20. The molecule has 3 nitrogen and oxygen atoms in total. The number of ether oxygens (including phenoxy) is 2. The van der Waals surface area contributed by atoms with Crippen molar-refractivity contribution in [3.8, 4) is 11.5 Å². The summed E-state index contributed by atoms with van der Waals surface area (Å²) >= 11 is 3.41. The van der Waals surface area contributed by atoms with Crippen LogP contribution in [0.15, 0.2) is 10.5 Å². The minimum Gasteiger partial charge on any atom is -0.454 e. The first-order valence-electron chi connectivity index (χ1n) is 3.92. The first-order chi connectivity index (χ1) is 6.24. The maximum absolute atomic E-state index is 9.06. The number of rotatable bonds is 1. The molecule has 1 aliphatic heterocycles. The molecule has 1 aromatic carbocycles. The Balaban J connectivity index is 2.61. The van der Waals surface area contributed by atoms with Crippen molar-refractivity contribution in [1.82, 2.24) is 0 Å². The third-order valence-electron chi connectivity index (χ3n) is 2.13. The van der Waals surface area contributed by atoms with E-state index in [1.807, 2.05) is 13.0 Å². The second-order valence-electron chi connectivity index (χ2n) is 2.87. The standard InChI is InChI=1S/C9H9BrO3/c1-5-6(3-11)2-7-9(8(5)10)13-4-12-7/h2,11H,3-4H2,1H3. The van der Waals surface area contributed by atoms with Crippen molar-refractivity contribution in [3.63, 3.8) is 0 Å². The third kappa shape index (κ3) is 1.30. The van der Waals surface area contributed by atoms with E-state index in [1.165, 1.54) is 0 Å². The first kappa shape index (κ1) is 8.84. The van der Waals surface area contributed by atoms with Gasteiger partial charge >= 0.3 is 0 Å². The summed E-state index contributed by atoms with van der Waals surface area (Å²) in [6, 6.07) is 1.81. The molecule has 1 aliphatic rings. The second-order valence-corrected chi connectivity index (χ2v) is 3.66. The summed E-state index contributed by atoms with van der Waals surface area (Å²) in [7, 11) is 0. The summed E-state index contributed by atoms with van der Waals surface area (Å²) < 4.78 is 11.3. The average Bonchev–Trinajstić information content (AvgIpc) is 2.59. The lowest BCUT2D eigenvalue weighted by Crippen LogP contribution is -1.93. The topological polar surface area (TPSA) is 38.7 Å². The molecular weight excluding hydrogens is 236 g/mol. The summed E-state index contributed by atoms with van der Waals surface area (Å²) in [5.74, 6) is 1.43. The lowest BCUT2D eigenvalue weighted by Gasteiger charge is -2.07. The Morgan fingerprint density at radius 3 is 3.00 bits per heavy atom. The molecule has 0 fully saturated rings. The molecule has 1 aromatic rings. The molecule has 0 aromatic heterocycles. The lowest BCUT2D eigenvalue weighted by atomic mass is 10.1. The van der Waals surface area contributed by atoms with Gasteiger partial charge in [0.15, 0.2) is 11.5 Å². The number of benzene rings is 1. The van der Waals surface area contributed by atoms with Gasteiger partial charge in [-0.15, -0.1) is 0 Å². The Morgan fingerprint density at radius 1 is 1.54 bits per heavy atom. The zero-order chi connectivity index (χ0) is 9.42. The summed E-state index contributed by atoms with van der Waals surface area (Å²) in [6.45, 7) is 2.20. The zero-order valence-electron chi connectivity index (χ0n) is 7.13. The van der Waals surface area contributed by atoms with Crippen molar-refractivity contribution < 1.29 is 14.6 Å². The molecule has 2 rings (SSSR count).